The number of nitrogens with zero attached hydrogens (tertiary/aromatic N) is 1. The maximum Gasteiger partial charge on any atom is 0.337 e. The molecule has 1 saturated carbocycles. The van der Waals surface area contributed by atoms with Crippen molar-refractivity contribution >= 4 is 23.3 Å². The van der Waals surface area contributed by atoms with Gasteiger partial charge in [0.05, 0.1) is 17.6 Å². The number of methoxy groups -OCH3 is 1. The van der Waals surface area contributed by atoms with Gasteiger partial charge in [-0.1, -0.05) is 12.1 Å². The first-order valence-electron chi connectivity index (χ1n) is 8.48. The Bertz CT molecular complexity index is 875. The second kappa shape index (κ2) is 7.86. The molecule has 1 aliphatic carbocycles. The number of nitro benzene ring substituents is 1. The molecule has 0 radical (unpaired) electrons. The molecule has 0 aliphatic heterocycles. The van der Waals surface area contributed by atoms with Crippen molar-refractivity contribution in [2.75, 3.05) is 12.4 Å². The molecule has 0 bridgehead atoms. The van der Waals surface area contributed by atoms with Crippen molar-refractivity contribution in [1.82, 2.24) is 5.32 Å². The van der Waals surface area contributed by atoms with Gasteiger partial charge in [0.15, 0.2) is 0 Å². The van der Waals surface area contributed by atoms with Crippen molar-refractivity contribution < 1.29 is 19.2 Å². The zero-order chi connectivity index (χ0) is 19.4. The van der Waals surface area contributed by atoms with Crippen LogP contribution >= 0.6 is 0 Å². The fourth-order valence-electron chi connectivity index (χ4n) is 2.55. The molecule has 0 heterocycles. The number of hydrogen-bond acceptors (Lipinski definition) is 6. The molecule has 1 fully saturated rings. The highest BCUT2D eigenvalue weighted by atomic mass is 16.6. The lowest BCUT2D eigenvalue weighted by Crippen LogP contribution is -2.23. The Labute approximate surface area is 155 Å². The molecule has 0 atom stereocenters. The predicted octanol–water partition coefficient (Wildman–Crippen LogP) is 2.89. The van der Waals surface area contributed by atoms with Gasteiger partial charge in [-0.25, -0.2) is 4.79 Å². The van der Waals surface area contributed by atoms with E-state index in [9.17, 15) is 19.7 Å². The van der Waals surface area contributed by atoms with Crippen LogP contribution in [0.1, 0.15) is 39.1 Å². The third-order valence-electron chi connectivity index (χ3n) is 4.22. The minimum atomic E-state index is -0.493. The molecule has 1 amide bonds. The van der Waals surface area contributed by atoms with Gasteiger partial charge in [-0.05, 0) is 42.7 Å². The molecule has 0 unspecified atom stereocenters. The van der Waals surface area contributed by atoms with E-state index >= 15 is 0 Å². The van der Waals surface area contributed by atoms with Crippen LogP contribution in [-0.2, 0) is 11.3 Å². The fourth-order valence-corrected chi connectivity index (χ4v) is 2.55. The Balaban J connectivity index is 1.66. The van der Waals surface area contributed by atoms with Crippen molar-refractivity contribution in [3.63, 3.8) is 0 Å². The van der Waals surface area contributed by atoms with Crippen molar-refractivity contribution in [1.29, 1.82) is 0 Å². The molecule has 0 aromatic heterocycles. The molecule has 8 nitrogen and oxygen atoms in total. The topological polar surface area (TPSA) is 111 Å². The highest BCUT2D eigenvalue weighted by molar-refractivity contribution is 5.95. The lowest BCUT2D eigenvalue weighted by Gasteiger charge is -2.09. The third kappa shape index (κ3) is 4.60. The summed E-state index contributed by atoms with van der Waals surface area (Å²) in [7, 11) is 1.31. The molecule has 0 saturated heterocycles. The molecule has 2 aromatic rings. The number of ether oxygens (including phenoxy) is 1. The summed E-state index contributed by atoms with van der Waals surface area (Å²) >= 11 is 0. The van der Waals surface area contributed by atoms with Gasteiger partial charge in [0, 0.05) is 24.2 Å². The van der Waals surface area contributed by atoms with Gasteiger partial charge in [-0.15, -0.1) is 0 Å². The van der Waals surface area contributed by atoms with Crippen LogP contribution in [-0.4, -0.2) is 30.0 Å². The van der Waals surface area contributed by atoms with Crippen molar-refractivity contribution in [3.8, 4) is 0 Å². The number of amides is 1. The van der Waals surface area contributed by atoms with E-state index < -0.39 is 16.8 Å². The smallest absolute Gasteiger partial charge is 0.337 e. The quantitative estimate of drug-likeness (QED) is 0.441. The highest BCUT2D eigenvalue weighted by Gasteiger charge is 2.25. The number of carbonyl (C=O) groups is 2. The molecule has 1 aliphatic rings. The van der Waals surface area contributed by atoms with E-state index in [1.54, 1.807) is 36.4 Å². The van der Waals surface area contributed by atoms with Crippen LogP contribution in [0.3, 0.4) is 0 Å². The summed E-state index contributed by atoms with van der Waals surface area (Å²) in [5, 5.41) is 17.1. The Morgan fingerprint density at radius 1 is 1.15 bits per heavy atom. The first kappa shape index (κ1) is 18.4. The van der Waals surface area contributed by atoms with E-state index in [4.69, 9.17) is 0 Å². The summed E-state index contributed by atoms with van der Waals surface area (Å²) in [5.74, 6) is -0.842. The van der Waals surface area contributed by atoms with Gasteiger partial charge in [0.2, 0.25) is 0 Å². The minimum Gasteiger partial charge on any atom is -0.465 e. The number of esters is 1. The van der Waals surface area contributed by atoms with Crippen LogP contribution in [0.2, 0.25) is 0 Å². The largest absolute Gasteiger partial charge is 0.465 e. The number of nitro groups is 1. The van der Waals surface area contributed by atoms with E-state index in [-0.39, 0.29) is 23.8 Å². The van der Waals surface area contributed by atoms with Crippen LogP contribution in [0.15, 0.2) is 42.5 Å². The first-order valence-corrected chi connectivity index (χ1v) is 8.48. The molecule has 0 spiro atoms. The Morgan fingerprint density at radius 2 is 1.81 bits per heavy atom. The zero-order valence-electron chi connectivity index (χ0n) is 14.7. The van der Waals surface area contributed by atoms with Crippen LogP contribution in [0.25, 0.3) is 0 Å². The third-order valence-corrected chi connectivity index (χ3v) is 4.22. The summed E-state index contributed by atoms with van der Waals surface area (Å²) in [5.41, 5.74) is 1.74. The number of hydrogen-bond donors (Lipinski definition) is 2. The van der Waals surface area contributed by atoms with Crippen LogP contribution in [0.4, 0.5) is 11.4 Å². The summed E-state index contributed by atoms with van der Waals surface area (Å²) in [4.78, 5) is 34.5. The fraction of sp³-hybridized carbons (Fsp3) is 0.263. The van der Waals surface area contributed by atoms with E-state index in [0.29, 0.717) is 11.3 Å². The van der Waals surface area contributed by atoms with Gasteiger partial charge in [-0.2, -0.15) is 0 Å². The minimum absolute atomic E-state index is 0.114. The summed E-state index contributed by atoms with van der Waals surface area (Å²) < 4.78 is 4.63. The zero-order valence-corrected chi connectivity index (χ0v) is 14.7. The Morgan fingerprint density at radius 3 is 2.41 bits per heavy atom. The molecule has 2 aromatic carbocycles. The lowest BCUT2D eigenvalue weighted by atomic mass is 10.1. The maximum absolute atomic E-state index is 12.3. The Hall–Kier alpha value is -3.42. The molecular weight excluding hydrogens is 350 g/mol. The van der Waals surface area contributed by atoms with Gasteiger partial charge in [0.1, 0.15) is 5.69 Å². The number of anilines is 1. The standard InChI is InChI=1S/C19H19N3O5/c1-27-19(24)13-4-2-12(3-5-13)11-20-18(23)14-6-9-16(21-15-7-8-15)17(10-14)22(25)26/h2-6,9-10,15,21H,7-8,11H2,1H3,(H,20,23). The molecule has 140 valence electrons. The average Bonchev–Trinajstić information content (AvgIpc) is 3.50. The van der Waals surface area contributed by atoms with Gasteiger partial charge in [-0.3, -0.25) is 14.9 Å². The number of nitrogens with one attached hydrogen (secondary N) is 2. The van der Waals surface area contributed by atoms with E-state index in [1.807, 2.05) is 0 Å². The number of carbonyl (C=O) groups excluding carboxylic acids is 2. The van der Waals surface area contributed by atoms with Gasteiger partial charge < -0.3 is 15.4 Å². The predicted molar refractivity (Wildman–Crippen MR) is 98.7 cm³/mol. The average molecular weight is 369 g/mol. The lowest BCUT2D eigenvalue weighted by molar-refractivity contribution is -0.384. The van der Waals surface area contributed by atoms with E-state index in [1.165, 1.54) is 13.2 Å². The molecular formula is C19H19N3O5. The maximum atomic E-state index is 12.3. The highest BCUT2D eigenvalue weighted by Crippen LogP contribution is 2.31. The van der Waals surface area contributed by atoms with E-state index in [2.05, 4.69) is 15.4 Å². The van der Waals surface area contributed by atoms with Crippen molar-refractivity contribution in [2.24, 2.45) is 0 Å². The van der Waals surface area contributed by atoms with Gasteiger partial charge in [0.25, 0.3) is 11.6 Å². The second-order valence-electron chi connectivity index (χ2n) is 6.28. The second-order valence-corrected chi connectivity index (χ2v) is 6.28. The van der Waals surface area contributed by atoms with E-state index in [0.717, 1.165) is 18.4 Å². The van der Waals surface area contributed by atoms with Crippen molar-refractivity contribution in [2.45, 2.75) is 25.4 Å². The summed E-state index contributed by atoms with van der Waals surface area (Å²) in [6, 6.07) is 11.3. The molecule has 8 heteroatoms. The van der Waals surface area contributed by atoms with Gasteiger partial charge >= 0.3 is 5.97 Å². The summed E-state index contributed by atoms with van der Waals surface area (Å²) in [6.45, 7) is 0.232. The number of benzene rings is 2. The SMILES string of the molecule is COC(=O)c1ccc(CNC(=O)c2ccc(NC3CC3)c([N+](=O)[O-])c2)cc1. The van der Waals surface area contributed by atoms with Crippen LogP contribution < -0.4 is 10.6 Å². The van der Waals surface area contributed by atoms with Crippen LogP contribution in [0, 0.1) is 10.1 Å². The molecule has 27 heavy (non-hydrogen) atoms. The molecule has 2 N–H and O–H groups in total. The first-order chi connectivity index (χ1) is 13.0. The van der Waals surface area contributed by atoms with Crippen LogP contribution in [0.5, 0.6) is 0 Å². The Kier molecular flexibility index (Phi) is 5.35. The monoisotopic (exact) mass is 369 g/mol. The molecule has 3 rings (SSSR count). The summed E-state index contributed by atoms with van der Waals surface area (Å²) in [6.07, 6.45) is 1.99. The normalized spacial score (nSPS) is 12.9. The number of rotatable bonds is 7. The van der Waals surface area contributed by atoms with Crippen molar-refractivity contribution in [3.05, 3.63) is 69.3 Å².